The second kappa shape index (κ2) is 9.49. The molecule has 6 nitrogen and oxygen atoms in total. The zero-order valence-electron chi connectivity index (χ0n) is 14.4. The van der Waals surface area contributed by atoms with Crippen molar-refractivity contribution in [2.45, 2.75) is 19.8 Å². The van der Waals surface area contributed by atoms with Gasteiger partial charge in [0, 0.05) is 14.1 Å². The maximum Gasteiger partial charge on any atom is 0.259 e. The molecule has 0 spiro atoms. The minimum Gasteiger partial charge on any atom is -0.482 e. The molecule has 134 valence electrons. The van der Waals surface area contributed by atoms with Crippen molar-refractivity contribution in [3.63, 3.8) is 0 Å². The van der Waals surface area contributed by atoms with Crippen LogP contribution in [0.5, 0.6) is 5.75 Å². The fraction of sp³-hybridized carbons (Fsp3) is 0.529. The highest BCUT2D eigenvalue weighted by atomic mass is 35.5. The van der Waals surface area contributed by atoms with Gasteiger partial charge in [-0.1, -0.05) is 6.07 Å². The van der Waals surface area contributed by atoms with Crippen LogP contribution in [0.15, 0.2) is 18.2 Å². The molecule has 0 unspecified atom stereocenters. The third-order valence-electron chi connectivity index (χ3n) is 3.68. The number of halogens is 1. The summed E-state index contributed by atoms with van der Waals surface area (Å²) in [6, 6.07) is 5.51. The van der Waals surface area contributed by atoms with Crippen LogP contribution in [-0.2, 0) is 9.59 Å². The summed E-state index contributed by atoms with van der Waals surface area (Å²) in [6.45, 7) is 3.05. The third kappa shape index (κ3) is 6.76. The Morgan fingerprint density at radius 1 is 1.29 bits per heavy atom. The number of nitrogens with zero attached hydrogens (tertiary/aromatic N) is 1. The number of ether oxygens (including phenoxy) is 1. The maximum atomic E-state index is 12.0. The molecule has 0 atom stereocenters. The number of hydrogen-bond acceptors (Lipinski definition) is 4. The lowest BCUT2D eigenvalue weighted by Gasteiger charge is -2.15. The van der Waals surface area contributed by atoms with Crippen LogP contribution in [0.3, 0.4) is 0 Å². The number of carbonyl (C=O) groups excluding carboxylic acids is 2. The summed E-state index contributed by atoms with van der Waals surface area (Å²) in [5.74, 6) is 1.00. The third-order valence-corrected chi connectivity index (χ3v) is 3.68. The number of likely N-dealkylation sites (N-methyl/N-ethyl adjacent to an activating group) is 1. The van der Waals surface area contributed by atoms with Crippen molar-refractivity contribution in [3.05, 3.63) is 23.8 Å². The molecule has 0 saturated heterocycles. The monoisotopic (exact) mass is 355 g/mol. The topological polar surface area (TPSA) is 70.7 Å². The fourth-order valence-electron chi connectivity index (χ4n) is 2.03. The van der Waals surface area contributed by atoms with E-state index in [1.54, 1.807) is 20.2 Å². The molecule has 1 aromatic rings. The molecule has 0 aromatic heterocycles. The average Bonchev–Trinajstić information content (AvgIpc) is 3.31. The quantitative estimate of drug-likeness (QED) is 0.746. The molecule has 0 radical (unpaired) electrons. The van der Waals surface area contributed by atoms with Crippen LogP contribution in [0, 0.1) is 12.8 Å². The van der Waals surface area contributed by atoms with Gasteiger partial charge in [-0.15, -0.1) is 12.4 Å². The van der Waals surface area contributed by atoms with Crippen LogP contribution < -0.4 is 15.4 Å². The fourth-order valence-corrected chi connectivity index (χ4v) is 2.03. The minimum absolute atomic E-state index is 0. The van der Waals surface area contributed by atoms with Crippen molar-refractivity contribution in [1.29, 1.82) is 0 Å². The van der Waals surface area contributed by atoms with Gasteiger partial charge in [-0.25, -0.2) is 0 Å². The van der Waals surface area contributed by atoms with E-state index < -0.39 is 0 Å². The molecule has 1 fully saturated rings. The predicted molar refractivity (Wildman–Crippen MR) is 96.8 cm³/mol. The van der Waals surface area contributed by atoms with Crippen LogP contribution in [-0.4, -0.2) is 50.5 Å². The number of amides is 2. The van der Waals surface area contributed by atoms with E-state index in [1.807, 2.05) is 19.1 Å². The van der Waals surface area contributed by atoms with E-state index in [0.29, 0.717) is 11.4 Å². The van der Waals surface area contributed by atoms with Gasteiger partial charge < -0.3 is 20.3 Å². The van der Waals surface area contributed by atoms with Gasteiger partial charge in [0.15, 0.2) is 6.61 Å². The first kappa shape index (κ1) is 20.3. The lowest BCUT2D eigenvalue weighted by Crippen LogP contribution is -2.30. The number of anilines is 1. The van der Waals surface area contributed by atoms with Crippen LogP contribution >= 0.6 is 12.4 Å². The molecule has 1 saturated carbocycles. The molecule has 1 aromatic carbocycles. The Kier molecular flexibility index (Phi) is 8.01. The van der Waals surface area contributed by atoms with Gasteiger partial charge in [0.1, 0.15) is 5.75 Å². The van der Waals surface area contributed by atoms with Crippen molar-refractivity contribution < 1.29 is 14.3 Å². The number of carbonyl (C=O) groups is 2. The number of benzene rings is 1. The first-order valence-corrected chi connectivity index (χ1v) is 7.90. The summed E-state index contributed by atoms with van der Waals surface area (Å²) in [5.41, 5.74) is 1.59. The minimum atomic E-state index is -0.130. The number of nitrogens with one attached hydrogen (secondary N) is 2. The predicted octanol–water partition coefficient (Wildman–Crippen LogP) is 1.82. The molecule has 2 N–H and O–H groups in total. The molecule has 0 bridgehead atoms. The molecule has 1 aliphatic carbocycles. The van der Waals surface area contributed by atoms with Gasteiger partial charge in [-0.2, -0.15) is 0 Å². The molecule has 2 amide bonds. The number of rotatable bonds is 8. The highest BCUT2D eigenvalue weighted by Crippen LogP contribution is 2.27. The largest absolute Gasteiger partial charge is 0.482 e. The van der Waals surface area contributed by atoms with E-state index in [9.17, 15) is 9.59 Å². The highest BCUT2D eigenvalue weighted by molar-refractivity contribution is 5.93. The van der Waals surface area contributed by atoms with E-state index in [-0.39, 0.29) is 37.4 Å². The maximum absolute atomic E-state index is 12.0. The van der Waals surface area contributed by atoms with Gasteiger partial charge in [-0.3, -0.25) is 9.59 Å². The van der Waals surface area contributed by atoms with Gasteiger partial charge >= 0.3 is 0 Å². The zero-order valence-corrected chi connectivity index (χ0v) is 15.2. The Morgan fingerprint density at radius 2 is 2.00 bits per heavy atom. The second-order valence-corrected chi connectivity index (χ2v) is 6.20. The van der Waals surface area contributed by atoms with E-state index in [4.69, 9.17) is 4.74 Å². The van der Waals surface area contributed by atoms with Crippen LogP contribution in [0.25, 0.3) is 0 Å². The van der Waals surface area contributed by atoms with Gasteiger partial charge in [0.25, 0.3) is 5.91 Å². The van der Waals surface area contributed by atoms with Crippen molar-refractivity contribution >= 4 is 29.9 Å². The Bertz CT molecular complexity index is 574. The molecular weight excluding hydrogens is 330 g/mol. The highest BCUT2D eigenvalue weighted by Gasteiger charge is 2.20. The van der Waals surface area contributed by atoms with Crippen molar-refractivity contribution in [2.24, 2.45) is 5.92 Å². The summed E-state index contributed by atoms with van der Waals surface area (Å²) in [4.78, 5) is 25.1. The lowest BCUT2D eigenvalue weighted by molar-refractivity contribution is -0.130. The molecule has 24 heavy (non-hydrogen) atoms. The molecule has 7 heteroatoms. The molecule has 0 heterocycles. The van der Waals surface area contributed by atoms with Crippen molar-refractivity contribution in [1.82, 2.24) is 10.2 Å². The van der Waals surface area contributed by atoms with Crippen LogP contribution in [0.2, 0.25) is 0 Å². The Hall–Kier alpha value is -1.79. The lowest BCUT2D eigenvalue weighted by atomic mass is 10.2. The summed E-state index contributed by atoms with van der Waals surface area (Å²) in [7, 11) is 3.35. The van der Waals surface area contributed by atoms with Gasteiger partial charge in [0.05, 0.1) is 12.2 Å². The Labute approximate surface area is 149 Å². The molecule has 0 aliphatic heterocycles. The van der Waals surface area contributed by atoms with E-state index >= 15 is 0 Å². The summed E-state index contributed by atoms with van der Waals surface area (Å²) >= 11 is 0. The Balaban J connectivity index is 0.00000288. The average molecular weight is 356 g/mol. The van der Waals surface area contributed by atoms with Gasteiger partial charge in [-0.05, 0) is 49.9 Å². The van der Waals surface area contributed by atoms with Gasteiger partial charge in [0.2, 0.25) is 5.91 Å². The van der Waals surface area contributed by atoms with Crippen LogP contribution in [0.1, 0.15) is 18.4 Å². The van der Waals surface area contributed by atoms with Crippen molar-refractivity contribution in [2.75, 3.05) is 39.1 Å². The first-order valence-electron chi connectivity index (χ1n) is 7.90. The standard InChI is InChI=1S/C17H25N3O3.ClH/c1-12-4-7-14(15(8-12)23-11-17(22)20(2)3)19-16(21)10-18-9-13-5-6-13;/h4,7-8,13,18H,5-6,9-11H2,1-3H3,(H,19,21);1H. The Morgan fingerprint density at radius 3 is 2.62 bits per heavy atom. The molecule has 2 rings (SSSR count). The van der Waals surface area contributed by atoms with Crippen molar-refractivity contribution in [3.8, 4) is 5.75 Å². The number of aryl methyl sites for hydroxylation is 1. The zero-order chi connectivity index (χ0) is 16.8. The summed E-state index contributed by atoms with van der Waals surface area (Å²) in [6.07, 6.45) is 2.51. The van der Waals surface area contributed by atoms with E-state index in [0.717, 1.165) is 18.0 Å². The molecular formula is C17H26ClN3O3. The summed E-state index contributed by atoms with van der Waals surface area (Å²) < 4.78 is 5.57. The summed E-state index contributed by atoms with van der Waals surface area (Å²) in [5, 5.41) is 5.98. The normalized spacial score (nSPS) is 13.0. The SMILES string of the molecule is Cc1ccc(NC(=O)CNCC2CC2)c(OCC(=O)N(C)C)c1.Cl. The first-order chi connectivity index (χ1) is 11.0. The van der Waals surface area contributed by atoms with E-state index in [2.05, 4.69) is 10.6 Å². The molecule has 1 aliphatic rings. The van der Waals surface area contributed by atoms with Crippen LogP contribution in [0.4, 0.5) is 5.69 Å². The smallest absolute Gasteiger partial charge is 0.259 e. The number of hydrogen-bond donors (Lipinski definition) is 2. The second-order valence-electron chi connectivity index (χ2n) is 6.20. The van der Waals surface area contributed by atoms with E-state index in [1.165, 1.54) is 17.7 Å².